The lowest BCUT2D eigenvalue weighted by Gasteiger charge is -2.12. The molecule has 35 heavy (non-hydrogen) atoms. The molecule has 2 aromatic heterocycles. The smallest absolute Gasteiger partial charge is 0.210 e. The molecule has 4 heteroatoms. The molecule has 3 nitrogen and oxygen atoms in total. The first-order valence-electron chi connectivity index (χ1n) is 11.4. The van der Waals surface area contributed by atoms with Crippen molar-refractivity contribution < 1.29 is 4.39 Å². The highest BCUT2D eigenvalue weighted by atomic mass is 19.1. The Balaban J connectivity index is 1.72. The lowest BCUT2D eigenvalue weighted by atomic mass is 10.1. The van der Waals surface area contributed by atoms with Gasteiger partial charge in [-0.05, 0) is 42.5 Å². The van der Waals surface area contributed by atoms with Crippen molar-refractivity contribution in [3.8, 4) is 11.4 Å². The summed E-state index contributed by atoms with van der Waals surface area (Å²) < 4.78 is 19.8. The number of aromatic nitrogens is 2. The van der Waals surface area contributed by atoms with Crippen LogP contribution in [0.3, 0.4) is 0 Å². The SMILES string of the molecule is [C-]#[N+]c1ccccc1-n1c2cccc(F)c2c2c(-n3c4ccccc4c4ccccc43)cccc21. The van der Waals surface area contributed by atoms with Crippen LogP contribution in [0.1, 0.15) is 0 Å². The Labute approximate surface area is 200 Å². The molecule has 0 atom stereocenters. The lowest BCUT2D eigenvalue weighted by Crippen LogP contribution is -1.96. The van der Waals surface area contributed by atoms with E-state index in [0.717, 1.165) is 49.6 Å². The molecule has 0 bridgehead atoms. The third-order valence-electron chi connectivity index (χ3n) is 6.81. The predicted octanol–water partition coefficient (Wildman–Crippen LogP) is 8.57. The number of hydrogen-bond donors (Lipinski definition) is 0. The number of hydrogen-bond acceptors (Lipinski definition) is 0. The van der Waals surface area contributed by atoms with E-state index in [0.29, 0.717) is 11.1 Å². The van der Waals surface area contributed by atoms with Gasteiger partial charge >= 0.3 is 0 Å². The Morgan fingerprint density at radius 3 is 1.74 bits per heavy atom. The Hall–Kier alpha value is -4.88. The van der Waals surface area contributed by atoms with Gasteiger partial charge in [0.05, 0.1) is 40.0 Å². The zero-order valence-corrected chi connectivity index (χ0v) is 18.6. The number of fused-ring (bicyclic) bond motifs is 6. The Morgan fingerprint density at radius 1 is 0.514 bits per heavy atom. The van der Waals surface area contributed by atoms with Crippen LogP contribution in [0, 0.1) is 12.4 Å². The molecule has 0 spiro atoms. The summed E-state index contributed by atoms with van der Waals surface area (Å²) >= 11 is 0. The normalized spacial score (nSPS) is 11.5. The highest BCUT2D eigenvalue weighted by Gasteiger charge is 2.21. The molecule has 0 fully saturated rings. The maximum atomic E-state index is 15.6. The standard InChI is InChI=1S/C31H18FN3/c1-33-23-13-4-7-16-26(23)35-27-17-8-12-22(32)30(27)31-28(18-9-19-29(31)35)34-24-14-5-2-10-20(24)21-11-3-6-15-25(21)34/h2-19H. The molecule has 0 aliphatic heterocycles. The van der Waals surface area contributed by atoms with Crippen molar-refractivity contribution >= 4 is 49.3 Å². The molecule has 0 amide bonds. The number of nitrogens with zero attached hydrogens (tertiary/aromatic N) is 3. The monoisotopic (exact) mass is 451 g/mol. The van der Waals surface area contributed by atoms with Gasteiger partial charge in [0.25, 0.3) is 0 Å². The van der Waals surface area contributed by atoms with Gasteiger partial charge in [-0.1, -0.05) is 66.7 Å². The van der Waals surface area contributed by atoms with E-state index in [2.05, 4.69) is 39.7 Å². The fourth-order valence-corrected chi connectivity index (χ4v) is 5.42. The van der Waals surface area contributed by atoms with Crippen LogP contribution in [0.5, 0.6) is 0 Å². The minimum Gasteiger partial charge on any atom is -0.319 e. The molecule has 0 saturated heterocycles. The minimum absolute atomic E-state index is 0.278. The van der Waals surface area contributed by atoms with Crippen LogP contribution < -0.4 is 0 Å². The maximum Gasteiger partial charge on any atom is 0.210 e. The number of benzene rings is 5. The van der Waals surface area contributed by atoms with E-state index >= 15 is 4.39 Å². The molecular weight excluding hydrogens is 433 g/mol. The van der Waals surface area contributed by atoms with Crippen LogP contribution in [0.2, 0.25) is 0 Å². The fraction of sp³-hybridized carbons (Fsp3) is 0. The van der Waals surface area contributed by atoms with Crippen LogP contribution in [0.25, 0.3) is 59.8 Å². The van der Waals surface area contributed by atoms with E-state index in [9.17, 15) is 0 Å². The summed E-state index contributed by atoms with van der Waals surface area (Å²) in [6.45, 7) is 7.72. The summed E-state index contributed by atoms with van der Waals surface area (Å²) in [5.74, 6) is -0.278. The predicted molar refractivity (Wildman–Crippen MR) is 141 cm³/mol. The van der Waals surface area contributed by atoms with Crippen molar-refractivity contribution in [1.82, 2.24) is 9.13 Å². The molecule has 0 N–H and O–H groups in total. The first kappa shape index (κ1) is 19.6. The van der Waals surface area contributed by atoms with Crippen molar-refractivity contribution in [1.29, 1.82) is 0 Å². The zero-order chi connectivity index (χ0) is 23.5. The first-order chi connectivity index (χ1) is 17.3. The van der Waals surface area contributed by atoms with Gasteiger partial charge in [-0.15, -0.1) is 0 Å². The summed E-state index contributed by atoms with van der Waals surface area (Å²) in [5, 5.41) is 3.69. The largest absolute Gasteiger partial charge is 0.319 e. The van der Waals surface area contributed by atoms with E-state index in [4.69, 9.17) is 6.57 Å². The third-order valence-corrected chi connectivity index (χ3v) is 6.81. The average Bonchev–Trinajstić information content (AvgIpc) is 3.42. The van der Waals surface area contributed by atoms with Crippen LogP contribution >= 0.6 is 0 Å². The number of para-hydroxylation sites is 4. The Bertz CT molecular complexity index is 1930. The van der Waals surface area contributed by atoms with Crippen molar-refractivity contribution in [2.24, 2.45) is 0 Å². The van der Waals surface area contributed by atoms with Gasteiger partial charge in [-0.3, -0.25) is 0 Å². The molecule has 0 aliphatic carbocycles. The van der Waals surface area contributed by atoms with Crippen LogP contribution in [-0.4, -0.2) is 9.13 Å². The van der Waals surface area contributed by atoms with Crippen molar-refractivity contribution in [3.05, 3.63) is 126 Å². The van der Waals surface area contributed by atoms with Gasteiger partial charge in [0.2, 0.25) is 5.69 Å². The van der Waals surface area contributed by atoms with E-state index in [-0.39, 0.29) is 5.82 Å². The van der Waals surface area contributed by atoms with E-state index < -0.39 is 0 Å². The molecule has 0 unspecified atom stereocenters. The zero-order valence-electron chi connectivity index (χ0n) is 18.6. The van der Waals surface area contributed by atoms with Gasteiger partial charge in [0.15, 0.2) is 0 Å². The number of rotatable bonds is 2. The maximum absolute atomic E-state index is 15.6. The molecule has 0 saturated carbocycles. The van der Waals surface area contributed by atoms with Crippen molar-refractivity contribution in [2.75, 3.05) is 0 Å². The summed E-state index contributed by atoms with van der Waals surface area (Å²) in [4.78, 5) is 3.75. The summed E-state index contributed by atoms with van der Waals surface area (Å²) in [5.41, 5.74) is 5.92. The van der Waals surface area contributed by atoms with E-state index in [1.807, 2.05) is 65.2 Å². The first-order valence-corrected chi connectivity index (χ1v) is 11.4. The molecule has 7 rings (SSSR count). The van der Waals surface area contributed by atoms with Crippen LogP contribution in [-0.2, 0) is 0 Å². The molecule has 0 aliphatic rings. The molecule has 5 aromatic carbocycles. The van der Waals surface area contributed by atoms with Gasteiger partial charge in [-0.2, -0.15) is 0 Å². The Morgan fingerprint density at radius 2 is 1.03 bits per heavy atom. The topological polar surface area (TPSA) is 14.2 Å². The molecular formula is C31H18FN3. The van der Waals surface area contributed by atoms with Gasteiger partial charge < -0.3 is 9.13 Å². The van der Waals surface area contributed by atoms with E-state index in [1.165, 1.54) is 6.07 Å². The summed E-state index contributed by atoms with van der Waals surface area (Å²) in [6, 6.07) is 35.4. The lowest BCUT2D eigenvalue weighted by molar-refractivity contribution is 0.640. The quantitative estimate of drug-likeness (QED) is 0.234. The highest BCUT2D eigenvalue weighted by molar-refractivity contribution is 6.16. The van der Waals surface area contributed by atoms with E-state index in [1.54, 1.807) is 12.1 Å². The van der Waals surface area contributed by atoms with Gasteiger partial charge in [0, 0.05) is 21.5 Å². The molecule has 7 aromatic rings. The minimum atomic E-state index is -0.278. The van der Waals surface area contributed by atoms with Crippen molar-refractivity contribution in [2.45, 2.75) is 0 Å². The van der Waals surface area contributed by atoms with Crippen LogP contribution in [0.15, 0.2) is 109 Å². The summed E-state index contributed by atoms with van der Waals surface area (Å²) in [7, 11) is 0. The Kier molecular flexibility index (Phi) is 4.09. The van der Waals surface area contributed by atoms with Gasteiger partial charge in [-0.25, -0.2) is 9.24 Å². The second-order valence-electron chi connectivity index (χ2n) is 8.61. The molecule has 2 heterocycles. The highest BCUT2D eigenvalue weighted by Crippen LogP contribution is 2.41. The second kappa shape index (κ2) is 7.31. The molecule has 164 valence electrons. The van der Waals surface area contributed by atoms with Crippen LogP contribution in [0.4, 0.5) is 10.1 Å². The average molecular weight is 452 g/mol. The molecule has 0 radical (unpaired) electrons. The van der Waals surface area contributed by atoms with Gasteiger partial charge in [0.1, 0.15) is 5.82 Å². The third kappa shape index (κ3) is 2.64. The number of halogens is 1. The second-order valence-corrected chi connectivity index (χ2v) is 8.61. The van der Waals surface area contributed by atoms with Crippen molar-refractivity contribution in [3.63, 3.8) is 0 Å². The summed E-state index contributed by atoms with van der Waals surface area (Å²) in [6.07, 6.45) is 0. The fourth-order valence-electron chi connectivity index (χ4n) is 5.42.